The summed E-state index contributed by atoms with van der Waals surface area (Å²) in [6.45, 7) is 0. The molecule has 104 valence electrons. The van der Waals surface area contributed by atoms with Crippen LogP contribution in [0.15, 0.2) is 18.3 Å². The van der Waals surface area contributed by atoms with Crippen LogP contribution in [0.5, 0.6) is 5.75 Å². The van der Waals surface area contributed by atoms with Crippen LogP contribution < -0.4 is 4.74 Å². The van der Waals surface area contributed by atoms with Crippen LogP contribution in [0.4, 0.5) is 0 Å². The van der Waals surface area contributed by atoms with E-state index in [0.717, 1.165) is 0 Å². The average molecular weight is 284 g/mol. The van der Waals surface area contributed by atoms with Crippen LogP contribution in [0.3, 0.4) is 0 Å². The Morgan fingerprint density at radius 3 is 2.48 bits per heavy atom. The smallest absolute Gasteiger partial charge is 0.200 e. The van der Waals surface area contributed by atoms with E-state index in [1.807, 2.05) is 6.07 Å². The first-order chi connectivity index (χ1) is 10.4. The molecule has 0 radical (unpaired) electrons. The van der Waals surface area contributed by atoms with Crippen molar-refractivity contribution in [3.8, 4) is 28.8 Å². The summed E-state index contributed by atoms with van der Waals surface area (Å²) in [5.74, 6) is 1.55. The molecule has 0 fully saturated rings. The van der Waals surface area contributed by atoms with Crippen molar-refractivity contribution in [3.05, 3.63) is 18.3 Å². The van der Waals surface area contributed by atoms with Gasteiger partial charge in [0.2, 0.25) is 0 Å². The van der Waals surface area contributed by atoms with Crippen LogP contribution in [0.1, 0.15) is 0 Å². The molecule has 2 N–H and O–H groups in total. The number of aromatic nitrogens is 10. The van der Waals surface area contributed by atoms with Crippen LogP contribution in [-0.2, 0) is 0 Å². The monoisotopic (exact) mass is 284 g/mol. The Hall–Kier alpha value is -3.37. The van der Waals surface area contributed by atoms with Gasteiger partial charge in [-0.1, -0.05) is 0 Å². The number of tetrazole rings is 2. The third-order valence-corrected chi connectivity index (χ3v) is 2.97. The molecule has 0 aliphatic carbocycles. The van der Waals surface area contributed by atoms with Gasteiger partial charge < -0.3 is 4.74 Å². The fourth-order valence-electron chi connectivity index (χ4n) is 2.08. The zero-order chi connectivity index (χ0) is 14.2. The molecule has 0 bridgehead atoms. The van der Waals surface area contributed by atoms with Crippen molar-refractivity contribution in [1.29, 1.82) is 0 Å². The highest BCUT2D eigenvalue weighted by Gasteiger charge is 2.17. The van der Waals surface area contributed by atoms with E-state index >= 15 is 0 Å². The molecule has 4 rings (SSSR count). The number of rotatable bonds is 3. The van der Waals surface area contributed by atoms with Crippen molar-refractivity contribution in [1.82, 2.24) is 50.6 Å². The van der Waals surface area contributed by atoms with Crippen LogP contribution in [0.2, 0.25) is 0 Å². The molecular formula is C10H8N10O. The Morgan fingerprint density at radius 1 is 1.05 bits per heavy atom. The van der Waals surface area contributed by atoms with E-state index in [-0.39, 0.29) is 0 Å². The predicted octanol–water partition coefficient (Wildman–Crippen LogP) is -0.297. The Kier molecular flexibility index (Phi) is 2.36. The Balaban J connectivity index is 2.01. The first kappa shape index (κ1) is 11.5. The number of nitrogens with one attached hydrogen (secondary N) is 2. The van der Waals surface area contributed by atoms with E-state index in [4.69, 9.17) is 4.74 Å². The second-order valence-electron chi connectivity index (χ2n) is 4.10. The zero-order valence-electron chi connectivity index (χ0n) is 10.7. The van der Waals surface area contributed by atoms with Gasteiger partial charge in [0.1, 0.15) is 22.8 Å². The van der Waals surface area contributed by atoms with Crippen LogP contribution in [-0.4, -0.2) is 57.7 Å². The summed E-state index contributed by atoms with van der Waals surface area (Å²) in [6, 6.07) is 3.61. The first-order valence-corrected chi connectivity index (χ1v) is 5.91. The van der Waals surface area contributed by atoms with Gasteiger partial charge in [-0.25, -0.2) is 15.2 Å². The summed E-state index contributed by atoms with van der Waals surface area (Å²) in [5, 5.41) is 27.4. The lowest BCUT2D eigenvalue weighted by Crippen LogP contribution is -1.97. The molecule has 11 nitrogen and oxygen atoms in total. The number of nitrogens with zero attached hydrogens (tertiary/aromatic N) is 8. The van der Waals surface area contributed by atoms with Gasteiger partial charge in [0, 0.05) is 6.20 Å². The van der Waals surface area contributed by atoms with Gasteiger partial charge in [-0.05, 0) is 33.0 Å². The minimum atomic E-state index is 0.470. The fraction of sp³-hybridized carbons (Fsp3) is 0.100. The highest BCUT2D eigenvalue weighted by atomic mass is 16.5. The van der Waals surface area contributed by atoms with Crippen LogP contribution >= 0.6 is 0 Å². The largest absolute Gasteiger partial charge is 0.494 e. The van der Waals surface area contributed by atoms with Crippen molar-refractivity contribution in [3.63, 3.8) is 0 Å². The molecule has 4 aromatic heterocycles. The lowest BCUT2D eigenvalue weighted by molar-refractivity contribution is 0.414. The third-order valence-electron chi connectivity index (χ3n) is 2.97. The van der Waals surface area contributed by atoms with E-state index in [0.29, 0.717) is 34.4 Å². The molecule has 0 spiro atoms. The van der Waals surface area contributed by atoms with E-state index in [9.17, 15) is 0 Å². The van der Waals surface area contributed by atoms with Crippen LogP contribution in [0, 0.1) is 0 Å². The minimum absolute atomic E-state index is 0.470. The van der Waals surface area contributed by atoms with E-state index in [2.05, 4.69) is 46.2 Å². The maximum absolute atomic E-state index is 5.36. The summed E-state index contributed by atoms with van der Waals surface area (Å²) < 4.78 is 7.17. The highest BCUT2D eigenvalue weighted by Crippen LogP contribution is 2.29. The van der Waals surface area contributed by atoms with E-state index in [1.54, 1.807) is 23.8 Å². The molecule has 0 saturated heterocycles. The van der Waals surface area contributed by atoms with Crippen molar-refractivity contribution in [2.75, 3.05) is 7.11 Å². The summed E-state index contributed by atoms with van der Waals surface area (Å²) >= 11 is 0. The molecule has 0 atom stereocenters. The van der Waals surface area contributed by atoms with E-state index < -0.39 is 0 Å². The van der Waals surface area contributed by atoms with Gasteiger partial charge >= 0.3 is 0 Å². The first-order valence-electron chi connectivity index (χ1n) is 5.91. The second-order valence-corrected chi connectivity index (χ2v) is 4.10. The molecule has 0 saturated carbocycles. The summed E-state index contributed by atoms with van der Waals surface area (Å²) in [7, 11) is 1.58. The molecule has 0 aliphatic heterocycles. The molecule has 0 aliphatic rings. The molecule has 21 heavy (non-hydrogen) atoms. The number of hydrogen-bond donors (Lipinski definition) is 2. The minimum Gasteiger partial charge on any atom is -0.494 e. The van der Waals surface area contributed by atoms with Gasteiger partial charge in [0.05, 0.1) is 7.11 Å². The lowest BCUT2D eigenvalue weighted by atomic mass is 10.3. The van der Waals surface area contributed by atoms with Gasteiger partial charge in [0.15, 0.2) is 11.6 Å². The number of H-pyrrole nitrogens is 2. The van der Waals surface area contributed by atoms with Gasteiger partial charge in [-0.3, -0.25) is 4.40 Å². The van der Waals surface area contributed by atoms with Gasteiger partial charge in [0.25, 0.3) is 0 Å². The number of methoxy groups -OCH3 is 1. The van der Waals surface area contributed by atoms with Crippen molar-refractivity contribution in [2.24, 2.45) is 0 Å². The number of pyridine rings is 1. The predicted molar refractivity (Wildman–Crippen MR) is 68.1 cm³/mol. The summed E-state index contributed by atoms with van der Waals surface area (Å²) in [4.78, 5) is 4.45. The zero-order valence-corrected chi connectivity index (χ0v) is 10.7. The number of imidazole rings is 1. The number of fused-ring (bicyclic) bond motifs is 1. The maximum Gasteiger partial charge on any atom is 0.200 e. The number of hydrogen-bond acceptors (Lipinski definition) is 8. The number of ether oxygens (including phenoxy) is 1. The SMILES string of the molecule is COc1ccc2nc(-c3nnn[nH]3)cn2c1-c1nnn[nH]1. The Bertz CT molecular complexity index is 878. The molecule has 11 heteroatoms. The van der Waals surface area contributed by atoms with Crippen molar-refractivity contribution < 1.29 is 4.74 Å². The lowest BCUT2D eigenvalue weighted by Gasteiger charge is -2.07. The van der Waals surface area contributed by atoms with Crippen LogP contribution in [0.25, 0.3) is 28.7 Å². The molecular weight excluding hydrogens is 276 g/mol. The average Bonchev–Trinajstić information content (AvgIpc) is 3.24. The fourth-order valence-corrected chi connectivity index (χ4v) is 2.08. The quantitative estimate of drug-likeness (QED) is 0.523. The molecule has 0 amide bonds. The molecule has 4 heterocycles. The number of aromatic amines is 2. The van der Waals surface area contributed by atoms with E-state index in [1.165, 1.54) is 0 Å². The Labute approximate surface area is 116 Å². The molecule has 4 aromatic rings. The molecule has 0 unspecified atom stereocenters. The standard InChI is InChI=1S/C10H8N10O/c1-21-6-2-3-7-11-5(9-12-16-17-13-9)4-20(7)8(6)10-14-18-19-15-10/h2-4H,1H3,(H,12,13,16,17)(H,14,15,18,19). The summed E-state index contributed by atoms with van der Waals surface area (Å²) in [5.41, 5.74) is 1.95. The maximum atomic E-state index is 5.36. The van der Waals surface area contributed by atoms with Gasteiger partial charge in [-0.2, -0.15) is 0 Å². The highest BCUT2D eigenvalue weighted by molar-refractivity contribution is 5.67. The topological polar surface area (TPSA) is 135 Å². The summed E-state index contributed by atoms with van der Waals surface area (Å²) in [6.07, 6.45) is 1.78. The normalized spacial score (nSPS) is 11.1. The molecule has 0 aromatic carbocycles. The second kappa shape index (κ2) is 4.33. The van der Waals surface area contributed by atoms with Gasteiger partial charge in [-0.15, -0.1) is 10.2 Å². The Morgan fingerprint density at radius 2 is 1.81 bits per heavy atom. The third kappa shape index (κ3) is 1.71. The van der Waals surface area contributed by atoms with Crippen molar-refractivity contribution >= 4 is 5.65 Å². The van der Waals surface area contributed by atoms with Crippen molar-refractivity contribution in [2.45, 2.75) is 0 Å².